The highest BCUT2D eigenvalue weighted by Crippen LogP contribution is 2.19. The molecule has 1 aromatic heterocycles. The SMILES string of the molecule is Cc1ccc([C@@H](C)NC(C)c2ccncc2)cc1. The Morgan fingerprint density at radius 3 is 1.89 bits per heavy atom. The molecule has 2 nitrogen and oxygen atoms in total. The molecule has 2 atom stereocenters. The third-order valence-corrected chi connectivity index (χ3v) is 3.28. The van der Waals surface area contributed by atoms with Gasteiger partial charge in [-0.25, -0.2) is 0 Å². The van der Waals surface area contributed by atoms with Crippen LogP contribution in [0.2, 0.25) is 0 Å². The average Bonchev–Trinajstić information content (AvgIpc) is 2.40. The maximum Gasteiger partial charge on any atom is 0.0298 e. The van der Waals surface area contributed by atoms with Gasteiger partial charge in [-0.15, -0.1) is 0 Å². The van der Waals surface area contributed by atoms with E-state index in [1.807, 2.05) is 12.4 Å². The van der Waals surface area contributed by atoms with Crippen molar-refractivity contribution >= 4 is 0 Å². The summed E-state index contributed by atoms with van der Waals surface area (Å²) < 4.78 is 0. The molecular weight excluding hydrogens is 220 g/mol. The number of aromatic nitrogens is 1. The number of pyridine rings is 1. The molecule has 0 radical (unpaired) electrons. The summed E-state index contributed by atoms with van der Waals surface area (Å²) in [5.74, 6) is 0. The molecule has 2 heteroatoms. The summed E-state index contributed by atoms with van der Waals surface area (Å²) in [4.78, 5) is 4.05. The lowest BCUT2D eigenvalue weighted by atomic mass is 10.0. The predicted octanol–water partition coefficient (Wildman–Crippen LogP) is 3.80. The first-order valence-corrected chi connectivity index (χ1v) is 6.39. The number of nitrogens with one attached hydrogen (secondary N) is 1. The Morgan fingerprint density at radius 1 is 0.833 bits per heavy atom. The van der Waals surface area contributed by atoms with E-state index >= 15 is 0 Å². The van der Waals surface area contributed by atoms with E-state index in [4.69, 9.17) is 0 Å². The fourth-order valence-electron chi connectivity index (χ4n) is 2.07. The van der Waals surface area contributed by atoms with Crippen molar-refractivity contribution in [3.8, 4) is 0 Å². The largest absolute Gasteiger partial charge is 0.304 e. The molecule has 0 aliphatic carbocycles. The molecule has 18 heavy (non-hydrogen) atoms. The van der Waals surface area contributed by atoms with Gasteiger partial charge in [0, 0.05) is 24.5 Å². The van der Waals surface area contributed by atoms with Gasteiger partial charge < -0.3 is 5.32 Å². The first-order valence-electron chi connectivity index (χ1n) is 6.39. The number of rotatable bonds is 4. The summed E-state index contributed by atoms with van der Waals surface area (Å²) >= 11 is 0. The highest BCUT2D eigenvalue weighted by molar-refractivity contribution is 5.24. The van der Waals surface area contributed by atoms with E-state index in [9.17, 15) is 0 Å². The second-order valence-electron chi connectivity index (χ2n) is 4.80. The standard InChI is InChI=1S/C16H20N2/c1-12-4-6-15(7-5-12)13(2)18-14(3)16-8-10-17-11-9-16/h4-11,13-14,18H,1-3H3/t13-,14?/m1/s1. The first-order chi connectivity index (χ1) is 8.66. The number of benzene rings is 1. The molecular formula is C16H20N2. The molecule has 2 rings (SSSR count). The van der Waals surface area contributed by atoms with E-state index < -0.39 is 0 Å². The van der Waals surface area contributed by atoms with Gasteiger partial charge in [0.15, 0.2) is 0 Å². The van der Waals surface area contributed by atoms with Crippen LogP contribution in [0.4, 0.5) is 0 Å². The summed E-state index contributed by atoms with van der Waals surface area (Å²) in [6.07, 6.45) is 3.67. The molecule has 1 heterocycles. The van der Waals surface area contributed by atoms with Crippen LogP contribution in [0.1, 0.15) is 42.6 Å². The van der Waals surface area contributed by atoms with E-state index in [-0.39, 0.29) is 0 Å². The summed E-state index contributed by atoms with van der Waals surface area (Å²) in [6.45, 7) is 6.49. The van der Waals surface area contributed by atoms with Crippen LogP contribution in [0.5, 0.6) is 0 Å². The van der Waals surface area contributed by atoms with Crippen LogP contribution in [0, 0.1) is 6.92 Å². The number of hydrogen-bond donors (Lipinski definition) is 1. The van der Waals surface area contributed by atoms with Crippen molar-refractivity contribution in [2.45, 2.75) is 32.9 Å². The quantitative estimate of drug-likeness (QED) is 0.879. The molecule has 1 N–H and O–H groups in total. The molecule has 94 valence electrons. The molecule has 0 amide bonds. The minimum atomic E-state index is 0.323. The number of hydrogen-bond acceptors (Lipinski definition) is 2. The highest BCUT2D eigenvalue weighted by Gasteiger charge is 2.10. The topological polar surface area (TPSA) is 24.9 Å². The van der Waals surface area contributed by atoms with Gasteiger partial charge in [-0.1, -0.05) is 29.8 Å². The first kappa shape index (κ1) is 12.8. The van der Waals surface area contributed by atoms with Gasteiger partial charge in [-0.05, 0) is 44.0 Å². The molecule has 0 fully saturated rings. The Labute approximate surface area is 109 Å². The van der Waals surface area contributed by atoms with Crippen LogP contribution in [0.3, 0.4) is 0 Å². The maximum atomic E-state index is 4.05. The molecule has 1 unspecified atom stereocenters. The van der Waals surface area contributed by atoms with E-state index in [0.29, 0.717) is 12.1 Å². The lowest BCUT2D eigenvalue weighted by Gasteiger charge is -2.20. The maximum absolute atomic E-state index is 4.05. The molecule has 2 aromatic rings. The van der Waals surface area contributed by atoms with Crippen LogP contribution >= 0.6 is 0 Å². The van der Waals surface area contributed by atoms with Crippen molar-refractivity contribution in [3.63, 3.8) is 0 Å². The lowest BCUT2D eigenvalue weighted by Crippen LogP contribution is -2.22. The molecule has 0 aliphatic rings. The van der Waals surface area contributed by atoms with Crippen molar-refractivity contribution < 1.29 is 0 Å². The molecule has 0 bridgehead atoms. The molecule has 0 saturated carbocycles. The molecule has 1 aromatic carbocycles. The van der Waals surface area contributed by atoms with Gasteiger partial charge >= 0.3 is 0 Å². The highest BCUT2D eigenvalue weighted by atomic mass is 14.9. The minimum absolute atomic E-state index is 0.323. The normalized spacial score (nSPS) is 14.2. The van der Waals surface area contributed by atoms with Crippen LogP contribution in [0.25, 0.3) is 0 Å². The van der Waals surface area contributed by atoms with E-state index in [2.05, 4.69) is 67.5 Å². The van der Waals surface area contributed by atoms with Gasteiger partial charge in [0.25, 0.3) is 0 Å². The number of aryl methyl sites for hydroxylation is 1. The average molecular weight is 240 g/mol. The Hall–Kier alpha value is -1.67. The van der Waals surface area contributed by atoms with Gasteiger partial charge in [-0.2, -0.15) is 0 Å². The van der Waals surface area contributed by atoms with E-state index in [1.54, 1.807) is 0 Å². The summed E-state index contributed by atoms with van der Waals surface area (Å²) in [5, 5.41) is 3.60. The van der Waals surface area contributed by atoms with Crippen molar-refractivity contribution in [2.24, 2.45) is 0 Å². The van der Waals surface area contributed by atoms with E-state index in [0.717, 1.165) is 0 Å². The van der Waals surface area contributed by atoms with Crippen LogP contribution in [0.15, 0.2) is 48.8 Å². The Kier molecular flexibility index (Phi) is 4.11. The number of nitrogens with zero attached hydrogens (tertiary/aromatic N) is 1. The third-order valence-electron chi connectivity index (χ3n) is 3.28. The summed E-state index contributed by atoms with van der Waals surface area (Å²) in [7, 11) is 0. The Bertz CT molecular complexity index is 476. The van der Waals surface area contributed by atoms with Gasteiger partial charge in [0.2, 0.25) is 0 Å². The zero-order valence-electron chi connectivity index (χ0n) is 11.2. The van der Waals surface area contributed by atoms with Crippen molar-refractivity contribution in [2.75, 3.05) is 0 Å². The third kappa shape index (κ3) is 3.17. The molecule has 0 spiro atoms. The monoisotopic (exact) mass is 240 g/mol. The fourth-order valence-corrected chi connectivity index (χ4v) is 2.07. The lowest BCUT2D eigenvalue weighted by molar-refractivity contribution is 0.494. The summed E-state index contributed by atoms with van der Waals surface area (Å²) in [5.41, 5.74) is 3.89. The van der Waals surface area contributed by atoms with Crippen LogP contribution in [-0.2, 0) is 0 Å². The Morgan fingerprint density at radius 2 is 1.33 bits per heavy atom. The van der Waals surface area contributed by atoms with Gasteiger partial charge in [-0.3, -0.25) is 4.98 Å². The van der Waals surface area contributed by atoms with E-state index in [1.165, 1.54) is 16.7 Å². The van der Waals surface area contributed by atoms with Gasteiger partial charge in [0.1, 0.15) is 0 Å². The fraction of sp³-hybridized carbons (Fsp3) is 0.312. The van der Waals surface area contributed by atoms with Gasteiger partial charge in [0.05, 0.1) is 0 Å². The van der Waals surface area contributed by atoms with Crippen LogP contribution < -0.4 is 5.32 Å². The second kappa shape index (κ2) is 5.78. The summed E-state index contributed by atoms with van der Waals surface area (Å²) in [6, 6.07) is 13.5. The minimum Gasteiger partial charge on any atom is -0.304 e. The van der Waals surface area contributed by atoms with Crippen molar-refractivity contribution in [1.29, 1.82) is 0 Å². The van der Waals surface area contributed by atoms with Crippen molar-refractivity contribution in [1.82, 2.24) is 10.3 Å². The van der Waals surface area contributed by atoms with Crippen molar-refractivity contribution in [3.05, 3.63) is 65.5 Å². The Balaban J connectivity index is 2.03. The molecule has 0 aliphatic heterocycles. The zero-order chi connectivity index (χ0) is 13.0. The molecule has 0 saturated heterocycles. The second-order valence-corrected chi connectivity index (χ2v) is 4.80. The van der Waals surface area contributed by atoms with Crippen LogP contribution in [-0.4, -0.2) is 4.98 Å². The smallest absolute Gasteiger partial charge is 0.0298 e. The predicted molar refractivity (Wildman–Crippen MR) is 75.4 cm³/mol. The zero-order valence-corrected chi connectivity index (χ0v) is 11.2.